The van der Waals surface area contributed by atoms with Gasteiger partial charge in [-0.25, -0.2) is 0 Å². The maximum absolute atomic E-state index is 12.2. The second kappa shape index (κ2) is 15.4. The van der Waals surface area contributed by atoms with Crippen LogP contribution in [0.25, 0.3) is 0 Å². The standard InChI is InChI=1S/2C14H8ClF3INO2/c2*15-11-5-4-8(6-12(11)19)13(21)20-9-2-1-3-10(7-9)22-14(16,17)18/h2*1-7H,(H,20,21). The molecule has 0 unspecified atom stereocenters. The van der Waals surface area contributed by atoms with Crippen LogP contribution in [0, 0.1) is 7.14 Å². The number of alkyl halides is 6. The average molecular weight is 883 g/mol. The zero-order valence-corrected chi connectivity index (χ0v) is 27.3. The number of carbonyl (C=O) groups excluding carboxylic acids is 2. The van der Waals surface area contributed by atoms with E-state index >= 15 is 0 Å². The fourth-order valence-corrected chi connectivity index (χ4v) is 4.49. The van der Waals surface area contributed by atoms with Crippen LogP contribution >= 0.6 is 68.4 Å². The minimum atomic E-state index is -4.78. The Morgan fingerprint density at radius 2 is 0.955 bits per heavy atom. The van der Waals surface area contributed by atoms with Gasteiger partial charge >= 0.3 is 12.7 Å². The lowest BCUT2D eigenvalue weighted by Crippen LogP contribution is -2.17. The molecule has 0 heterocycles. The zero-order valence-electron chi connectivity index (χ0n) is 21.5. The third-order valence-corrected chi connectivity index (χ3v) is 8.10. The first-order chi connectivity index (χ1) is 20.5. The van der Waals surface area contributed by atoms with Gasteiger partial charge in [0.25, 0.3) is 11.8 Å². The zero-order chi connectivity index (χ0) is 32.7. The number of carbonyl (C=O) groups is 2. The van der Waals surface area contributed by atoms with E-state index in [9.17, 15) is 35.9 Å². The first-order valence-corrected chi connectivity index (χ1v) is 14.6. The van der Waals surface area contributed by atoms with Crippen molar-refractivity contribution < 1.29 is 45.4 Å². The van der Waals surface area contributed by atoms with Crippen LogP contribution in [0.3, 0.4) is 0 Å². The van der Waals surface area contributed by atoms with Crippen molar-refractivity contribution >= 4 is 91.6 Å². The molecule has 0 aromatic heterocycles. The molecule has 16 heteroatoms. The van der Waals surface area contributed by atoms with Gasteiger partial charge in [-0.1, -0.05) is 35.3 Å². The Morgan fingerprint density at radius 1 is 0.591 bits per heavy atom. The Hall–Kier alpha value is -2.96. The summed E-state index contributed by atoms with van der Waals surface area (Å²) in [5.74, 6) is -1.73. The smallest absolute Gasteiger partial charge is 0.406 e. The van der Waals surface area contributed by atoms with E-state index in [0.717, 1.165) is 24.3 Å². The van der Waals surface area contributed by atoms with Crippen molar-refractivity contribution in [2.45, 2.75) is 12.7 Å². The van der Waals surface area contributed by atoms with Gasteiger partial charge in [-0.05, 0) is 106 Å². The Balaban J connectivity index is 0.000000240. The van der Waals surface area contributed by atoms with Crippen molar-refractivity contribution in [2.75, 3.05) is 10.6 Å². The minimum Gasteiger partial charge on any atom is -0.406 e. The molecule has 4 rings (SSSR count). The molecule has 0 aliphatic rings. The second-order valence-electron chi connectivity index (χ2n) is 8.32. The SMILES string of the molecule is O=C(Nc1cccc(OC(F)(F)F)c1)c1ccc(Cl)c(I)c1.O=C(Nc1cccc(OC(F)(F)F)c1)c1ccc(Cl)c(I)c1. The van der Waals surface area contributed by atoms with Crippen LogP contribution in [-0.4, -0.2) is 24.5 Å². The molecule has 6 nitrogen and oxygen atoms in total. The van der Waals surface area contributed by atoms with E-state index in [1.165, 1.54) is 36.4 Å². The van der Waals surface area contributed by atoms with Gasteiger partial charge < -0.3 is 20.1 Å². The van der Waals surface area contributed by atoms with Crippen molar-refractivity contribution in [3.8, 4) is 11.5 Å². The van der Waals surface area contributed by atoms with Gasteiger partial charge in [-0.3, -0.25) is 9.59 Å². The van der Waals surface area contributed by atoms with Crippen molar-refractivity contribution in [1.82, 2.24) is 0 Å². The van der Waals surface area contributed by atoms with Gasteiger partial charge in [-0.15, -0.1) is 26.3 Å². The highest BCUT2D eigenvalue weighted by Gasteiger charge is 2.32. The largest absolute Gasteiger partial charge is 0.573 e. The lowest BCUT2D eigenvalue weighted by molar-refractivity contribution is -0.275. The molecule has 4 aromatic carbocycles. The van der Waals surface area contributed by atoms with E-state index in [2.05, 4.69) is 20.1 Å². The maximum atomic E-state index is 12.2. The summed E-state index contributed by atoms with van der Waals surface area (Å²) in [5.41, 5.74) is 1.07. The van der Waals surface area contributed by atoms with E-state index < -0.39 is 36.0 Å². The normalized spacial score (nSPS) is 11.1. The number of rotatable bonds is 6. The number of anilines is 2. The first kappa shape index (κ1) is 35.5. The van der Waals surface area contributed by atoms with Crippen molar-refractivity contribution in [3.05, 3.63) is 113 Å². The number of halogens is 10. The summed E-state index contributed by atoms with van der Waals surface area (Å²) in [6, 6.07) is 19.4. The molecular weight excluding hydrogens is 867 g/mol. The minimum absolute atomic E-state index is 0.191. The number of benzene rings is 4. The number of hydrogen-bond acceptors (Lipinski definition) is 4. The number of ether oxygens (including phenoxy) is 2. The van der Waals surface area contributed by atoms with Crippen LogP contribution in [-0.2, 0) is 0 Å². The predicted octanol–water partition coefficient (Wildman–Crippen LogP) is 10.2. The summed E-state index contributed by atoms with van der Waals surface area (Å²) in [6.45, 7) is 0. The third-order valence-electron chi connectivity index (χ3n) is 5.01. The maximum Gasteiger partial charge on any atom is 0.573 e. The lowest BCUT2D eigenvalue weighted by Gasteiger charge is -2.11. The molecule has 0 saturated carbocycles. The second-order valence-corrected chi connectivity index (χ2v) is 11.5. The summed E-state index contributed by atoms with van der Waals surface area (Å²) in [6.07, 6.45) is -9.57. The van der Waals surface area contributed by atoms with Crippen LogP contribution in [0.5, 0.6) is 11.5 Å². The van der Waals surface area contributed by atoms with Crippen molar-refractivity contribution in [1.29, 1.82) is 0 Å². The highest BCUT2D eigenvalue weighted by Crippen LogP contribution is 2.27. The summed E-state index contributed by atoms with van der Waals surface area (Å²) in [4.78, 5) is 24.1. The quantitative estimate of drug-likeness (QED) is 0.149. The van der Waals surface area contributed by atoms with E-state index in [0.29, 0.717) is 28.3 Å². The highest BCUT2D eigenvalue weighted by atomic mass is 127. The molecule has 0 aliphatic heterocycles. The first-order valence-electron chi connectivity index (χ1n) is 11.7. The molecule has 0 spiro atoms. The molecule has 44 heavy (non-hydrogen) atoms. The molecule has 0 aliphatic carbocycles. The Bertz CT molecular complexity index is 1530. The fourth-order valence-electron chi connectivity index (χ4n) is 3.22. The number of hydrogen-bond donors (Lipinski definition) is 2. The van der Waals surface area contributed by atoms with Crippen LogP contribution < -0.4 is 20.1 Å². The van der Waals surface area contributed by atoms with E-state index in [-0.39, 0.29) is 11.4 Å². The molecule has 232 valence electrons. The molecule has 2 amide bonds. The van der Waals surface area contributed by atoms with Crippen molar-refractivity contribution in [2.24, 2.45) is 0 Å². The number of nitrogens with one attached hydrogen (secondary N) is 2. The third kappa shape index (κ3) is 11.9. The lowest BCUT2D eigenvalue weighted by atomic mass is 10.2. The van der Waals surface area contributed by atoms with Crippen LogP contribution in [0.1, 0.15) is 20.7 Å². The monoisotopic (exact) mass is 882 g/mol. The van der Waals surface area contributed by atoms with Crippen LogP contribution in [0.2, 0.25) is 10.0 Å². The van der Waals surface area contributed by atoms with Gasteiger partial charge in [0.15, 0.2) is 0 Å². The van der Waals surface area contributed by atoms with E-state index in [1.807, 2.05) is 45.2 Å². The highest BCUT2D eigenvalue weighted by molar-refractivity contribution is 14.1. The summed E-state index contributed by atoms with van der Waals surface area (Å²) in [5, 5.41) is 6.02. The fraction of sp³-hybridized carbons (Fsp3) is 0.0714. The van der Waals surface area contributed by atoms with Gasteiger partial charge in [-0.2, -0.15) is 0 Å². The number of amides is 2. The van der Waals surface area contributed by atoms with Crippen LogP contribution in [0.15, 0.2) is 84.9 Å². The van der Waals surface area contributed by atoms with Gasteiger partial charge in [0.2, 0.25) is 0 Å². The summed E-state index contributed by atoms with van der Waals surface area (Å²) in [7, 11) is 0. The van der Waals surface area contributed by atoms with E-state index in [1.54, 1.807) is 24.3 Å². The molecule has 0 saturated heterocycles. The van der Waals surface area contributed by atoms with Crippen LogP contribution in [0.4, 0.5) is 37.7 Å². The average Bonchev–Trinajstić information content (AvgIpc) is 2.90. The molecule has 0 fully saturated rings. The molecular formula is C28H16Cl2F6I2N2O4. The predicted molar refractivity (Wildman–Crippen MR) is 170 cm³/mol. The molecule has 0 radical (unpaired) electrons. The Morgan fingerprint density at radius 3 is 1.27 bits per heavy atom. The van der Waals surface area contributed by atoms with E-state index in [4.69, 9.17) is 23.2 Å². The Kier molecular flexibility index (Phi) is 12.4. The van der Waals surface area contributed by atoms with Gasteiger partial charge in [0.1, 0.15) is 11.5 Å². The summed E-state index contributed by atoms with van der Waals surface area (Å²) >= 11 is 15.7. The van der Waals surface area contributed by atoms with Gasteiger partial charge in [0.05, 0.1) is 10.0 Å². The molecule has 4 aromatic rings. The van der Waals surface area contributed by atoms with Gasteiger partial charge in [0, 0.05) is 41.8 Å². The Labute approximate surface area is 283 Å². The topological polar surface area (TPSA) is 76.7 Å². The summed E-state index contributed by atoms with van der Waals surface area (Å²) < 4.78 is 81.9. The molecule has 0 bridgehead atoms. The molecule has 0 atom stereocenters. The van der Waals surface area contributed by atoms with Crippen molar-refractivity contribution in [3.63, 3.8) is 0 Å². The molecule has 2 N–H and O–H groups in total.